The van der Waals surface area contributed by atoms with Crippen LogP contribution >= 0.6 is 0 Å². The fraction of sp³-hybridized carbons (Fsp3) is 0.385. The van der Waals surface area contributed by atoms with Crippen LogP contribution in [0.5, 0.6) is 5.75 Å². The minimum absolute atomic E-state index is 0.137. The van der Waals surface area contributed by atoms with E-state index in [4.69, 9.17) is 9.47 Å². The molecule has 2 atom stereocenters. The van der Waals surface area contributed by atoms with E-state index in [9.17, 15) is 20.6 Å². The van der Waals surface area contributed by atoms with Crippen molar-refractivity contribution in [2.75, 3.05) is 46.5 Å². The molecule has 1 heterocycles. The first kappa shape index (κ1) is 24.2. The van der Waals surface area contributed by atoms with Crippen LogP contribution in [0.3, 0.4) is 0 Å². The lowest BCUT2D eigenvalue weighted by atomic mass is 9.67. The van der Waals surface area contributed by atoms with Gasteiger partial charge < -0.3 is 14.8 Å². The third-order valence-electron chi connectivity index (χ3n) is 6.74. The maximum absolute atomic E-state index is 12.5. The second kappa shape index (κ2) is 10.6. The summed E-state index contributed by atoms with van der Waals surface area (Å²) in [6, 6.07) is 20.2. The van der Waals surface area contributed by atoms with E-state index in [0.717, 1.165) is 13.1 Å². The van der Waals surface area contributed by atoms with Crippen molar-refractivity contribution in [3.63, 3.8) is 0 Å². The lowest BCUT2D eigenvalue weighted by Crippen LogP contribution is -2.40. The van der Waals surface area contributed by atoms with Crippen LogP contribution in [0.2, 0.25) is 0 Å². The molecule has 2 aliphatic rings. The van der Waals surface area contributed by atoms with Crippen molar-refractivity contribution in [2.45, 2.75) is 11.8 Å². The van der Waals surface area contributed by atoms with Crippen LogP contribution in [-0.2, 0) is 4.74 Å². The van der Waals surface area contributed by atoms with E-state index in [1.165, 1.54) is 0 Å². The lowest BCUT2D eigenvalue weighted by Gasteiger charge is -2.29. The third-order valence-corrected chi connectivity index (χ3v) is 6.74. The van der Waals surface area contributed by atoms with Crippen LogP contribution in [0, 0.1) is 38.2 Å². The minimum atomic E-state index is -1.71. The predicted octanol–water partition coefficient (Wildman–Crippen LogP) is 3.02. The van der Waals surface area contributed by atoms with E-state index in [0.29, 0.717) is 48.9 Å². The van der Waals surface area contributed by atoms with Crippen LogP contribution in [0.1, 0.15) is 23.0 Å². The Morgan fingerprint density at radius 2 is 1.71 bits per heavy atom. The number of nitriles is 2. The number of ether oxygens (including phenoxy) is 2. The minimum Gasteiger partial charge on any atom is -0.497 e. The number of morpholine rings is 1. The standard InChI is InChI=1S/C26H27N5O4/c1-34-21-9-7-20(8-10-21)22-24(29-11-12-30-13-15-35-16-14-30)25(31(32)33)23(26(22,17-27)18-28)19-5-3-2-4-6-19/h2-10,22-23,29H,11-16H2,1H3/t22-,23-/m0/s1. The first-order chi connectivity index (χ1) is 17.1. The topological polar surface area (TPSA) is 124 Å². The van der Waals surface area contributed by atoms with Gasteiger partial charge in [-0.15, -0.1) is 0 Å². The largest absolute Gasteiger partial charge is 0.497 e. The molecule has 2 aromatic carbocycles. The fourth-order valence-electron chi connectivity index (χ4n) is 5.06. The Bertz CT molecular complexity index is 1150. The van der Waals surface area contributed by atoms with Crippen molar-refractivity contribution in [1.29, 1.82) is 10.5 Å². The molecule has 4 rings (SSSR count). The summed E-state index contributed by atoms with van der Waals surface area (Å²) in [6.07, 6.45) is 0. The average molecular weight is 474 g/mol. The number of nitrogens with one attached hydrogen (secondary N) is 1. The molecule has 35 heavy (non-hydrogen) atoms. The average Bonchev–Trinajstić information content (AvgIpc) is 3.20. The van der Waals surface area contributed by atoms with Crippen molar-refractivity contribution < 1.29 is 14.4 Å². The second-order valence-electron chi connectivity index (χ2n) is 8.58. The quantitative estimate of drug-likeness (QED) is 0.458. The molecule has 9 heteroatoms. The Morgan fingerprint density at radius 3 is 2.29 bits per heavy atom. The summed E-state index contributed by atoms with van der Waals surface area (Å²) in [5.41, 5.74) is -0.335. The first-order valence-electron chi connectivity index (χ1n) is 11.5. The highest BCUT2D eigenvalue weighted by Crippen LogP contribution is 2.59. The van der Waals surface area contributed by atoms with E-state index in [1.54, 1.807) is 61.7 Å². The zero-order chi connectivity index (χ0) is 24.8. The number of allylic oxidation sites excluding steroid dienone is 2. The number of nitro groups is 1. The molecular formula is C26H27N5O4. The van der Waals surface area contributed by atoms with Crippen LogP contribution in [0.25, 0.3) is 0 Å². The van der Waals surface area contributed by atoms with Gasteiger partial charge in [0.25, 0.3) is 5.70 Å². The number of benzene rings is 2. The highest BCUT2D eigenvalue weighted by atomic mass is 16.6. The molecule has 9 nitrogen and oxygen atoms in total. The highest BCUT2D eigenvalue weighted by Gasteiger charge is 2.62. The number of rotatable bonds is 8. The van der Waals surface area contributed by atoms with Gasteiger partial charge in [-0.1, -0.05) is 42.5 Å². The molecule has 0 aromatic heterocycles. The van der Waals surface area contributed by atoms with Crippen LogP contribution in [0.15, 0.2) is 66.0 Å². The van der Waals surface area contributed by atoms with Crippen molar-refractivity contribution >= 4 is 0 Å². The van der Waals surface area contributed by atoms with Crippen LogP contribution in [0.4, 0.5) is 0 Å². The Hall–Kier alpha value is -3.92. The Kier molecular flexibility index (Phi) is 7.31. The van der Waals surface area contributed by atoms with Crippen molar-refractivity contribution in [1.82, 2.24) is 10.2 Å². The SMILES string of the molecule is COc1ccc([C@H]2C(NCCN3CCOCC3)=C([N+](=O)[O-])[C@H](c3ccccc3)C2(C#N)C#N)cc1. The van der Waals surface area contributed by atoms with Gasteiger partial charge in [0.05, 0.1) is 49.0 Å². The smallest absolute Gasteiger partial charge is 0.275 e. The molecule has 2 aromatic rings. The molecule has 0 bridgehead atoms. The predicted molar refractivity (Wildman–Crippen MR) is 128 cm³/mol. The monoisotopic (exact) mass is 473 g/mol. The van der Waals surface area contributed by atoms with E-state index in [2.05, 4.69) is 22.4 Å². The zero-order valence-corrected chi connectivity index (χ0v) is 19.5. The van der Waals surface area contributed by atoms with E-state index in [-0.39, 0.29) is 5.70 Å². The maximum Gasteiger partial charge on any atom is 0.275 e. The molecule has 0 saturated carbocycles. The molecule has 1 aliphatic carbocycles. The third kappa shape index (κ3) is 4.57. The van der Waals surface area contributed by atoms with Crippen LogP contribution in [-0.4, -0.2) is 56.3 Å². The summed E-state index contributed by atoms with van der Waals surface area (Å²) in [6.45, 7) is 3.98. The highest BCUT2D eigenvalue weighted by molar-refractivity contribution is 5.53. The molecular weight excluding hydrogens is 446 g/mol. The molecule has 0 unspecified atom stereocenters. The van der Waals surface area contributed by atoms with Gasteiger partial charge >= 0.3 is 0 Å². The van der Waals surface area contributed by atoms with Gasteiger partial charge in [-0.3, -0.25) is 15.0 Å². The van der Waals surface area contributed by atoms with Gasteiger partial charge in [0.1, 0.15) is 11.7 Å². The number of methoxy groups -OCH3 is 1. The summed E-state index contributed by atoms with van der Waals surface area (Å²) < 4.78 is 10.7. The van der Waals surface area contributed by atoms with Crippen LogP contribution < -0.4 is 10.1 Å². The first-order valence-corrected chi connectivity index (χ1v) is 11.5. The number of hydrogen-bond acceptors (Lipinski definition) is 8. The van der Waals surface area contributed by atoms with Gasteiger partial charge in [0.15, 0.2) is 5.41 Å². The van der Waals surface area contributed by atoms with Crippen molar-refractivity contribution in [3.05, 3.63) is 87.2 Å². The van der Waals surface area contributed by atoms with Gasteiger partial charge in [-0.25, -0.2) is 0 Å². The summed E-state index contributed by atoms with van der Waals surface area (Å²) in [5.74, 6) is -1.24. The number of hydrogen-bond donors (Lipinski definition) is 1. The van der Waals surface area contributed by atoms with Gasteiger partial charge in [-0.2, -0.15) is 10.5 Å². The summed E-state index contributed by atoms with van der Waals surface area (Å²) in [7, 11) is 1.55. The molecule has 1 aliphatic heterocycles. The van der Waals surface area contributed by atoms with Gasteiger partial charge in [0.2, 0.25) is 0 Å². The zero-order valence-electron chi connectivity index (χ0n) is 19.5. The molecule has 0 radical (unpaired) electrons. The lowest BCUT2D eigenvalue weighted by molar-refractivity contribution is -0.431. The Labute approximate surface area is 204 Å². The van der Waals surface area contributed by atoms with Gasteiger partial charge in [0, 0.05) is 26.2 Å². The second-order valence-corrected chi connectivity index (χ2v) is 8.58. The normalized spacial score (nSPS) is 21.7. The molecule has 0 spiro atoms. The maximum atomic E-state index is 12.5. The fourth-order valence-corrected chi connectivity index (χ4v) is 5.06. The molecule has 1 fully saturated rings. The Morgan fingerprint density at radius 1 is 1.09 bits per heavy atom. The number of nitrogens with zero attached hydrogens (tertiary/aromatic N) is 4. The summed E-state index contributed by atoms with van der Waals surface area (Å²) >= 11 is 0. The van der Waals surface area contributed by atoms with E-state index in [1.807, 2.05) is 0 Å². The van der Waals surface area contributed by atoms with Crippen molar-refractivity contribution in [3.8, 4) is 17.9 Å². The van der Waals surface area contributed by atoms with Gasteiger partial charge in [-0.05, 0) is 23.3 Å². The molecule has 1 saturated heterocycles. The Balaban J connectivity index is 1.82. The molecule has 180 valence electrons. The molecule has 0 amide bonds. The van der Waals surface area contributed by atoms with E-state index >= 15 is 0 Å². The van der Waals surface area contributed by atoms with Crippen molar-refractivity contribution in [2.24, 2.45) is 5.41 Å². The summed E-state index contributed by atoms with van der Waals surface area (Å²) in [4.78, 5) is 14.3. The van der Waals surface area contributed by atoms with E-state index < -0.39 is 22.2 Å². The summed E-state index contributed by atoms with van der Waals surface area (Å²) in [5, 5.41) is 36.6. The molecule has 1 N–H and O–H groups in total.